The molecule has 1 heterocycles. The van der Waals surface area contributed by atoms with E-state index < -0.39 is 27.8 Å². The minimum absolute atomic E-state index is 0.287. The molecule has 24 heavy (non-hydrogen) atoms. The number of halogens is 1. The number of likely N-dealkylation sites (N-methyl/N-ethyl adjacent to an activating group) is 1. The van der Waals surface area contributed by atoms with E-state index in [1.165, 1.54) is 16.2 Å². The summed E-state index contributed by atoms with van der Waals surface area (Å²) in [6, 6.07) is -0.354. The van der Waals surface area contributed by atoms with Crippen molar-refractivity contribution in [2.24, 2.45) is 0 Å². The number of nitrogens with one attached hydrogen (secondary N) is 1. The fourth-order valence-corrected chi connectivity index (χ4v) is 3.49. The average molecular weight is 396 g/mol. The molecular formula is C15H26ClN3O3S2. The summed E-state index contributed by atoms with van der Waals surface area (Å²) in [6.07, 6.45) is 1.19. The van der Waals surface area contributed by atoms with E-state index in [2.05, 4.69) is 9.71 Å². The monoisotopic (exact) mass is 395 g/mol. The van der Waals surface area contributed by atoms with E-state index in [0.717, 1.165) is 4.88 Å². The van der Waals surface area contributed by atoms with Crippen molar-refractivity contribution < 1.29 is 14.1 Å². The van der Waals surface area contributed by atoms with Gasteiger partial charge in [-0.3, -0.25) is 0 Å². The van der Waals surface area contributed by atoms with Crippen molar-refractivity contribution in [3.8, 4) is 0 Å². The topological polar surface area (TPSA) is 77.5 Å². The van der Waals surface area contributed by atoms with Crippen LogP contribution in [0.15, 0.2) is 6.20 Å². The van der Waals surface area contributed by atoms with Crippen LogP contribution in [0.25, 0.3) is 0 Å². The molecule has 1 aromatic rings. The Hall–Kier alpha value is -0.540. The van der Waals surface area contributed by atoms with E-state index >= 15 is 0 Å². The van der Waals surface area contributed by atoms with Gasteiger partial charge in [-0.2, -0.15) is 0 Å². The van der Waals surface area contributed by atoms with E-state index in [-0.39, 0.29) is 12.6 Å². The third kappa shape index (κ3) is 7.14. The average Bonchev–Trinajstić information content (AvgIpc) is 2.81. The second kappa shape index (κ2) is 8.23. The van der Waals surface area contributed by atoms with Crippen molar-refractivity contribution in [3.05, 3.63) is 15.5 Å². The molecule has 0 spiro atoms. The summed E-state index contributed by atoms with van der Waals surface area (Å²) in [4.78, 5) is 18.5. The molecule has 0 aliphatic rings. The molecular weight excluding hydrogens is 370 g/mol. The number of carbonyl (C=O) groups is 1. The Bertz CT molecular complexity index is 555. The Balaban J connectivity index is 2.88. The third-order valence-corrected chi connectivity index (χ3v) is 5.65. The van der Waals surface area contributed by atoms with Crippen LogP contribution in [0.2, 0.25) is 4.47 Å². The van der Waals surface area contributed by atoms with Crippen molar-refractivity contribution in [2.75, 3.05) is 13.6 Å². The summed E-state index contributed by atoms with van der Waals surface area (Å²) >= 11 is 5.91. The summed E-state index contributed by atoms with van der Waals surface area (Å²) in [6.45, 7) is 11.4. The molecule has 0 saturated carbocycles. The molecule has 1 amide bonds. The highest BCUT2D eigenvalue weighted by Crippen LogP contribution is 2.27. The van der Waals surface area contributed by atoms with E-state index in [1.54, 1.807) is 13.2 Å². The van der Waals surface area contributed by atoms with Crippen LogP contribution in [-0.2, 0) is 16.1 Å². The van der Waals surface area contributed by atoms with Gasteiger partial charge in [-0.05, 0) is 41.5 Å². The van der Waals surface area contributed by atoms with Crippen LogP contribution < -0.4 is 4.72 Å². The van der Waals surface area contributed by atoms with E-state index in [4.69, 9.17) is 16.3 Å². The zero-order chi connectivity index (χ0) is 18.7. The van der Waals surface area contributed by atoms with Gasteiger partial charge in [0.05, 0.1) is 0 Å². The maximum absolute atomic E-state index is 12.5. The first-order valence-corrected chi connectivity index (χ1v) is 9.87. The molecule has 1 rings (SSSR count). The normalized spacial score (nSPS) is 15.0. The molecule has 0 aromatic carbocycles. The number of amides is 1. The van der Waals surface area contributed by atoms with Crippen molar-refractivity contribution in [1.29, 1.82) is 0 Å². The van der Waals surface area contributed by atoms with E-state index in [1.807, 2.05) is 41.5 Å². The second-order valence-electron chi connectivity index (χ2n) is 7.43. The Labute approximate surface area is 156 Å². The molecule has 2 atom stereocenters. The highest BCUT2D eigenvalue weighted by molar-refractivity contribution is 7.90. The van der Waals surface area contributed by atoms with E-state index in [9.17, 15) is 9.35 Å². The first-order valence-electron chi connectivity index (χ1n) is 7.53. The van der Waals surface area contributed by atoms with Crippen molar-refractivity contribution in [1.82, 2.24) is 14.6 Å². The van der Waals surface area contributed by atoms with Gasteiger partial charge in [-0.15, -0.1) is 16.1 Å². The van der Waals surface area contributed by atoms with Gasteiger partial charge in [0.15, 0.2) is 4.47 Å². The Morgan fingerprint density at radius 1 is 1.46 bits per heavy atom. The van der Waals surface area contributed by atoms with Gasteiger partial charge in [-0.25, -0.2) is 9.78 Å². The van der Waals surface area contributed by atoms with Crippen LogP contribution in [0.1, 0.15) is 52.5 Å². The van der Waals surface area contributed by atoms with Gasteiger partial charge in [0.2, 0.25) is 0 Å². The fourth-order valence-electron chi connectivity index (χ4n) is 1.60. The summed E-state index contributed by atoms with van der Waals surface area (Å²) in [5, 5.41) is 0. The molecule has 0 bridgehead atoms. The van der Waals surface area contributed by atoms with Gasteiger partial charge in [0.25, 0.3) is 0 Å². The summed E-state index contributed by atoms with van der Waals surface area (Å²) in [5.41, 5.74) is -0.573. The highest BCUT2D eigenvalue weighted by atomic mass is 35.5. The van der Waals surface area contributed by atoms with Gasteiger partial charge < -0.3 is 14.2 Å². The van der Waals surface area contributed by atoms with Crippen LogP contribution >= 0.6 is 22.9 Å². The molecule has 0 saturated heterocycles. The van der Waals surface area contributed by atoms with Crippen LogP contribution in [-0.4, -0.2) is 44.5 Å². The number of hydrogen-bond acceptors (Lipinski definition) is 6. The number of ether oxygens (including phenoxy) is 1. The standard InChI is InChI=1S/C15H26ClN3O3S2/c1-14(2,3)22-13(20)19(7)9-10(11-8-17-12(16)23-11)18-24(21)15(4,5)6/h8,10,18H,9H2,1-7H3. The third-order valence-electron chi connectivity index (χ3n) is 2.81. The first-order chi connectivity index (χ1) is 10.8. The van der Waals surface area contributed by atoms with Crippen molar-refractivity contribution in [3.63, 3.8) is 0 Å². The highest BCUT2D eigenvalue weighted by Gasteiger charge is 2.32. The SMILES string of the molecule is CN(CC(N[S+]([O-])C(C)(C)C)c1cnc(Cl)s1)C(=O)OC(C)(C)C. The van der Waals surface area contributed by atoms with Crippen molar-refractivity contribution >= 4 is 40.4 Å². The predicted octanol–water partition coefficient (Wildman–Crippen LogP) is 3.76. The summed E-state index contributed by atoms with van der Waals surface area (Å²) in [7, 11) is 1.64. The minimum atomic E-state index is -1.30. The fraction of sp³-hybridized carbons (Fsp3) is 0.733. The van der Waals surface area contributed by atoms with Crippen LogP contribution in [0.5, 0.6) is 0 Å². The quantitative estimate of drug-likeness (QED) is 0.768. The molecule has 1 N–H and O–H groups in total. The molecule has 0 fully saturated rings. The van der Waals surface area contributed by atoms with Crippen LogP contribution in [0.4, 0.5) is 4.79 Å². The number of rotatable bonds is 5. The molecule has 9 heteroatoms. The summed E-state index contributed by atoms with van der Waals surface area (Å²) < 4.78 is 20.8. The van der Waals surface area contributed by atoms with Crippen molar-refractivity contribution in [2.45, 2.75) is 57.9 Å². The first kappa shape index (κ1) is 21.5. The number of thiazole rings is 1. The lowest BCUT2D eigenvalue weighted by Gasteiger charge is -2.30. The minimum Gasteiger partial charge on any atom is -0.598 e. The number of carbonyl (C=O) groups excluding carboxylic acids is 1. The zero-order valence-corrected chi connectivity index (χ0v) is 17.6. The molecule has 6 nitrogen and oxygen atoms in total. The lowest BCUT2D eigenvalue weighted by molar-refractivity contribution is 0.0287. The number of hydrogen-bond donors (Lipinski definition) is 1. The van der Waals surface area contributed by atoms with Gasteiger partial charge in [-0.1, -0.05) is 11.6 Å². The second-order valence-corrected chi connectivity index (χ2v) is 11.1. The van der Waals surface area contributed by atoms with Gasteiger partial charge >= 0.3 is 6.09 Å². The van der Waals surface area contributed by atoms with Crippen LogP contribution in [0.3, 0.4) is 0 Å². The van der Waals surface area contributed by atoms with Crippen LogP contribution in [0, 0.1) is 0 Å². The molecule has 138 valence electrons. The Kier molecular flexibility index (Phi) is 7.37. The maximum Gasteiger partial charge on any atom is 0.410 e. The van der Waals surface area contributed by atoms with E-state index in [0.29, 0.717) is 4.47 Å². The Morgan fingerprint density at radius 3 is 2.46 bits per heavy atom. The zero-order valence-electron chi connectivity index (χ0n) is 15.2. The molecule has 2 unspecified atom stereocenters. The lowest BCUT2D eigenvalue weighted by atomic mass is 10.2. The largest absolute Gasteiger partial charge is 0.598 e. The molecule has 0 aliphatic carbocycles. The Morgan fingerprint density at radius 2 is 2.04 bits per heavy atom. The summed E-state index contributed by atoms with van der Waals surface area (Å²) in [5.74, 6) is 0. The number of nitrogens with zero attached hydrogens (tertiary/aromatic N) is 2. The predicted molar refractivity (Wildman–Crippen MR) is 99.8 cm³/mol. The maximum atomic E-state index is 12.5. The number of aromatic nitrogens is 1. The lowest BCUT2D eigenvalue weighted by Crippen LogP contribution is -2.45. The smallest absolute Gasteiger partial charge is 0.410 e. The molecule has 0 aliphatic heterocycles. The molecule has 1 aromatic heterocycles. The molecule has 0 radical (unpaired) electrons. The van der Waals surface area contributed by atoms with Gasteiger partial charge in [0.1, 0.15) is 16.4 Å². The van der Waals surface area contributed by atoms with Gasteiger partial charge in [0, 0.05) is 36.0 Å².